The molecule has 2 rings (SSSR count). The van der Waals surface area contributed by atoms with Crippen molar-refractivity contribution in [2.45, 2.75) is 57.9 Å². The van der Waals surface area contributed by atoms with E-state index in [1.165, 1.54) is 62.7 Å². The molecule has 1 aliphatic rings. The third kappa shape index (κ3) is 3.73. The molecule has 1 heterocycles. The minimum atomic E-state index is 0.526. The van der Waals surface area contributed by atoms with E-state index in [-0.39, 0.29) is 0 Å². The zero-order chi connectivity index (χ0) is 13.5. The van der Waals surface area contributed by atoms with Crippen LogP contribution in [0.3, 0.4) is 0 Å². The van der Waals surface area contributed by atoms with Gasteiger partial charge in [-0.25, -0.2) is 0 Å². The van der Waals surface area contributed by atoms with Crippen LogP contribution in [0.5, 0.6) is 0 Å². The van der Waals surface area contributed by atoms with Crippen LogP contribution in [0.15, 0.2) is 24.3 Å². The summed E-state index contributed by atoms with van der Waals surface area (Å²) in [6.07, 6.45) is 9.05. The van der Waals surface area contributed by atoms with Gasteiger partial charge in [-0.1, -0.05) is 50.8 Å². The summed E-state index contributed by atoms with van der Waals surface area (Å²) in [4.78, 5) is 2.56. The number of unbranched alkanes of at least 4 members (excludes halogenated alkanes) is 3. The van der Waals surface area contributed by atoms with Gasteiger partial charge in [0.25, 0.3) is 0 Å². The van der Waals surface area contributed by atoms with Crippen molar-refractivity contribution in [3.8, 4) is 0 Å². The van der Waals surface area contributed by atoms with Gasteiger partial charge in [-0.3, -0.25) is 0 Å². The predicted octanol–water partition coefficient (Wildman–Crippen LogP) is 3.74. The highest BCUT2D eigenvalue weighted by Gasteiger charge is 2.22. The summed E-state index contributed by atoms with van der Waals surface area (Å²) in [5, 5.41) is 0. The Morgan fingerprint density at radius 1 is 1.21 bits per heavy atom. The lowest BCUT2D eigenvalue weighted by Gasteiger charge is -2.37. The Labute approximate surface area is 118 Å². The van der Waals surface area contributed by atoms with Crippen molar-refractivity contribution in [2.75, 3.05) is 18.0 Å². The van der Waals surface area contributed by atoms with Gasteiger partial charge in [0.2, 0.25) is 0 Å². The Morgan fingerprint density at radius 2 is 2.05 bits per heavy atom. The normalized spacial score (nSPS) is 16.2. The summed E-state index contributed by atoms with van der Waals surface area (Å²) in [6, 6.07) is 9.37. The molecule has 0 bridgehead atoms. The molecule has 0 saturated carbocycles. The first kappa shape index (κ1) is 14.4. The van der Waals surface area contributed by atoms with Crippen molar-refractivity contribution in [1.82, 2.24) is 0 Å². The lowest BCUT2D eigenvalue weighted by Crippen LogP contribution is -2.43. The van der Waals surface area contributed by atoms with Gasteiger partial charge >= 0.3 is 0 Å². The second-order valence-corrected chi connectivity index (χ2v) is 5.66. The molecule has 0 fully saturated rings. The number of para-hydroxylation sites is 1. The highest BCUT2D eigenvalue weighted by atomic mass is 15.2. The Hall–Kier alpha value is -1.02. The van der Waals surface area contributed by atoms with Crippen LogP contribution in [-0.4, -0.2) is 19.1 Å². The molecule has 0 saturated heterocycles. The molecule has 0 aliphatic carbocycles. The number of nitrogens with zero attached hydrogens (tertiary/aromatic N) is 1. The molecule has 0 radical (unpaired) electrons. The van der Waals surface area contributed by atoms with Gasteiger partial charge in [-0.05, 0) is 30.9 Å². The monoisotopic (exact) mass is 260 g/mol. The van der Waals surface area contributed by atoms with Crippen molar-refractivity contribution >= 4 is 5.69 Å². The number of hydrogen-bond acceptors (Lipinski definition) is 2. The van der Waals surface area contributed by atoms with Crippen LogP contribution in [-0.2, 0) is 6.42 Å². The van der Waals surface area contributed by atoms with E-state index in [0.29, 0.717) is 6.04 Å². The van der Waals surface area contributed by atoms with E-state index >= 15 is 0 Å². The van der Waals surface area contributed by atoms with Gasteiger partial charge in [0.1, 0.15) is 0 Å². The number of anilines is 1. The minimum absolute atomic E-state index is 0.526. The standard InChI is InChI=1S/C17H28N2/c1-2-3-4-5-11-16(14-18)19-13-8-10-15-9-6-7-12-17(15)19/h6-7,9,12,16H,2-5,8,10-11,13-14,18H2,1H3. The highest BCUT2D eigenvalue weighted by Crippen LogP contribution is 2.29. The van der Waals surface area contributed by atoms with Crippen LogP contribution < -0.4 is 10.6 Å². The average Bonchev–Trinajstić information content (AvgIpc) is 2.47. The molecule has 0 amide bonds. The predicted molar refractivity (Wildman–Crippen MR) is 83.7 cm³/mol. The fourth-order valence-corrected chi connectivity index (χ4v) is 3.15. The molecule has 1 unspecified atom stereocenters. The van der Waals surface area contributed by atoms with Crippen molar-refractivity contribution < 1.29 is 0 Å². The van der Waals surface area contributed by atoms with Crippen LogP contribution in [0.2, 0.25) is 0 Å². The van der Waals surface area contributed by atoms with E-state index in [4.69, 9.17) is 5.73 Å². The summed E-state index contributed by atoms with van der Waals surface area (Å²) in [7, 11) is 0. The van der Waals surface area contributed by atoms with Crippen LogP contribution in [0, 0.1) is 0 Å². The maximum Gasteiger partial charge on any atom is 0.0412 e. The minimum Gasteiger partial charge on any atom is -0.367 e. The molecule has 1 aromatic rings. The summed E-state index contributed by atoms with van der Waals surface area (Å²) >= 11 is 0. The van der Waals surface area contributed by atoms with Gasteiger partial charge in [-0.15, -0.1) is 0 Å². The van der Waals surface area contributed by atoms with Gasteiger partial charge in [0.15, 0.2) is 0 Å². The van der Waals surface area contributed by atoms with Crippen LogP contribution in [0.25, 0.3) is 0 Å². The molecule has 2 nitrogen and oxygen atoms in total. The number of rotatable bonds is 7. The molecular weight excluding hydrogens is 232 g/mol. The quantitative estimate of drug-likeness (QED) is 0.757. The number of hydrogen-bond donors (Lipinski definition) is 1. The van der Waals surface area contributed by atoms with Crippen molar-refractivity contribution in [3.05, 3.63) is 29.8 Å². The smallest absolute Gasteiger partial charge is 0.0412 e. The molecular formula is C17H28N2. The molecule has 0 spiro atoms. The summed E-state index contributed by atoms with van der Waals surface area (Å²) in [5.74, 6) is 0. The fourth-order valence-electron chi connectivity index (χ4n) is 3.15. The highest BCUT2D eigenvalue weighted by molar-refractivity contribution is 5.56. The number of benzene rings is 1. The first-order valence-corrected chi connectivity index (χ1v) is 7.91. The summed E-state index contributed by atoms with van der Waals surface area (Å²) in [6.45, 7) is 4.22. The van der Waals surface area contributed by atoms with Crippen molar-refractivity contribution in [1.29, 1.82) is 0 Å². The summed E-state index contributed by atoms with van der Waals surface area (Å²) in [5.41, 5.74) is 8.96. The first-order valence-electron chi connectivity index (χ1n) is 7.91. The van der Waals surface area contributed by atoms with E-state index in [9.17, 15) is 0 Å². The average molecular weight is 260 g/mol. The van der Waals surface area contributed by atoms with Gasteiger partial charge in [0, 0.05) is 24.8 Å². The topological polar surface area (TPSA) is 29.3 Å². The Balaban J connectivity index is 1.99. The van der Waals surface area contributed by atoms with Gasteiger partial charge < -0.3 is 10.6 Å². The lowest BCUT2D eigenvalue weighted by molar-refractivity contribution is 0.501. The van der Waals surface area contributed by atoms with Crippen molar-refractivity contribution in [2.24, 2.45) is 5.73 Å². The number of aryl methyl sites for hydroxylation is 1. The molecule has 2 heteroatoms. The molecule has 1 aliphatic heterocycles. The van der Waals surface area contributed by atoms with E-state index in [1.807, 2.05) is 0 Å². The summed E-state index contributed by atoms with van der Waals surface area (Å²) < 4.78 is 0. The third-order valence-electron chi connectivity index (χ3n) is 4.25. The Bertz CT molecular complexity index is 375. The second kappa shape index (κ2) is 7.54. The molecule has 1 aromatic carbocycles. The zero-order valence-corrected chi connectivity index (χ0v) is 12.3. The molecule has 19 heavy (non-hydrogen) atoms. The lowest BCUT2D eigenvalue weighted by atomic mass is 9.98. The third-order valence-corrected chi connectivity index (χ3v) is 4.25. The van der Waals surface area contributed by atoms with Crippen LogP contribution in [0.4, 0.5) is 5.69 Å². The van der Waals surface area contributed by atoms with E-state index < -0.39 is 0 Å². The molecule has 1 atom stereocenters. The second-order valence-electron chi connectivity index (χ2n) is 5.66. The first-order chi connectivity index (χ1) is 9.36. The molecule has 2 N–H and O–H groups in total. The van der Waals surface area contributed by atoms with E-state index in [0.717, 1.165) is 6.54 Å². The largest absolute Gasteiger partial charge is 0.367 e. The number of nitrogens with two attached hydrogens (primary N) is 1. The molecule has 106 valence electrons. The molecule has 0 aromatic heterocycles. The number of fused-ring (bicyclic) bond motifs is 1. The van der Waals surface area contributed by atoms with Crippen LogP contribution >= 0.6 is 0 Å². The Morgan fingerprint density at radius 3 is 2.84 bits per heavy atom. The Kier molecular flexibility index (Phi) is 5.71. The van der Waals surface area contributed by atoms with E-state index in [2.05, 4.69) is 36.1 Å². The van der Waals surface area contributed by atoms with Crippen molar-refractivity contribution in [3.63, 3.8) is 0 Å². The fraction of sp³-hybridized carbons (Fsp3) is 0.647. The SMILES string of the molecule is CCCCCCC(CN)N1CCCc2ccccc21. The zero-order valence-electron chi connectivity index (χ0n) is 12.3. The maximum absolute atomic E-state index is 6.03. The van der Waals surface area contributed by atoms with Gasteiger partial charge in [0.05, 0.1) is 0 Å². The maximum atomic E-state index is 6.03. The van der Waals surface area contributed by atoms with Gasteiger partial charge in [-0.2, -0.15) is 0 Å². The van der Waals surface area contributed by atoms with Crippen LogP contribution in [0.1, 0.15) is 51.0 Å². The van der Waals surface area contributed by atoms with E-state index in [1.54, 1.807) is 0 Å².